The second-order valence-corrected chi connectivity index (χ2v) is 15.4. The normalized spacial score (nSPS) is 22.0. The highest BCUT2D eigenvalue weighted by atomic mass is 32.1. The first-order valence-electron chi connectivity index (χ1n) is 17.1. The zero-order chi connectivity index (χ0) is 31.1. The predicted octanol–water partition coefficient (Wildman–Crippen LogP) is 9.20. The van der Waals surface area contributed by atoms with Gasteiger partial charge in [-0.15, -0.1) is 0 Å². The van der Waals surface area contributed by atoms with Gasteiger partial charge in [0.05, 0.1) is 16.1 Å². The Bertz CT molecular complexity index is 2430. The fourth-order valence-corrected chi connectivity index (χ4v) is 11.5. The molecule has 0 N–H and O–H groups in total. The van der Waals surface area contributed by atoms with Gasteiger partial charge in [0.15, 0.2) is 0 Å². The lowest BCUT2D eigenvalue weighted by Gasteiger charge is -2.52. The minimum Gasteiger partial charge on any atom is -0.335 e. The third-order valence-corrected chi connectivity index (χ3v) is 13.5. The van der Waals surface area contributed by atoms with Gasteiger partial charge >= 0.3 is 0 Å². The average molecular weight is 624 g/mol. The zero-order valence-corrected chi connectivity index (χ0v) is 27.5. The fraction of sp³-hybridized carbons (Fsp3) is 0.190. The minimum absolute atomic E-state index is 0.0366. The quantitative estimate of drug-likeness (QED) is 0.178. The van der Waals surface area contributed by atoms with Crippen LogP contribution in [0.5, 0.6) is 0 Å². The first-order valence-corrected chi connectivity index (χ1v) is 17.9. The van der Waals surface area contributed by atoms with E-state index in [1.165, 1.54) is 96.6 Å². The first-order chi connectivity index (χ1) is 23.1. The van der Waals surface area contributed by atoms with E-state index in [4.69, 9.17) is 0 Å². The number of hydrogen-bond donors (Lipinski definition) is 0. The number of nitrogens with zero attached hydrogens (tertiary/aromatic N) is 3. The van der Waals surface area contributed by atoms with Gasteiger partial charge in [-0.2, -0.15) is 0 Å². The van der Waals surface area contributed by atoms with E-state index in [0.29, 0.717) is 0 Å². The van der Waals surface area contributed by atoms with Crippen LogP contribution in [0, 0.1) is 0 Å². The molecule has 1 aliphatic carbocycles. The van der Waals surface area contributed by atoms with E-state index in [9.17, 15) is 0 Å². The molecule has 0 spiro atoms. The van der Waals surface area contributed by atoms with Gasteiger partial charge in [-0.3, -0.25) is 0 Å². The van der Waals surface area contributed by atoms with Crippen LogP contribution in [-0.4, -0.2) is 16.8 Å². The number of fused-ring (bicyclic) bond motifs is 11. The van der Waals surface area contributed by atoms with Gasteiger partial charge in [-0.25, -0.2) is 0 Å². The summed E-state index contributed by atoms with van der Waals surface area (Å²) in [7, 11) is 0. The number of hydrogen-bond acceptors (Lipinski definition) is 3. The molecular weight excluding hydrogens is 589 g/mol. The summed E-state index contributed by atoms with van der Waals surface area (Å²) in [5.41, 5.74) is 14.0. The van der Waals surface area contributed by atoms with Crippen LogP contribution in [0.2, 0.25) is 0 Å². The molecule has 2 aromatic heterocycles. The topological polar surface area (TPSA) is 11.4 Å². The molecule has 5 heteroatoms. The maximum atomic E-state index is 2.82. The second-order valence-electron chi connectivity index (χ2n) is 14.4. The molecular formula is C42H34BN3S. The largest absolute Gasteiger partial charge is 0.335 e. The Labute approximate surface area is 279 Å². The zero-order valence-electron chi connectivity index (χ0n) is 26.7. The van der Waals surface area contributed by atoms with Crippen LogP contribution in [0.4, 0.5) is 27.8 Å². The van der Waals surface area contributed by atoms with Crippen molar-refractivity contribution in [3.05, 3.63) is 127 Å². The number of benzene rings is 5. The maximum absolute atomic E-state index is 2.82. The monoisotopic (exact) mass is 623 g/mol. The molecule has 0 saturated heterocycles. The third-order valence-electron chi connectivity index (χ3n) is 12.3. The summed E-state index contributed by atoms with van der Waals surface area (Å²) in [5, 5.41) is 4.07. The molecule has 7 aromatic rings. The summed E-state index contributed by atoms with van der Waals surface area (Å²) in [6.07, 6.45) is 5.04. The van der Waals surface area contributed by atoms with E-state index in [-0.39, 0.29) is 17.7 Å². The van der Waals surface area contributed by atoms with Gasteiger partial charge in [0.1, 0.15) is 4.83 Å². The van der Waals surface area contributed by atoms with Crippen molar-refractivity contribution in [3.8, 4) is 5.69 Å². The summed E-state index contributed by atoms with van der Waals surface area (Å²) in [5.74, 6) is 0. The molecule has 0 radical (unpaired) electrons. The summed E-state index contributed by atoms with van der Waals surface area (Å²) < 4.78 is 2.50. The van der Waals surface area contributed by atoms with Crippen LogP contribution in [0.25, 0.3) is 26.8 Å². The highest BCUT2D eigenvalue weighted by Crippen LogP contribution is 2.62. The van der Waals surface area contributed by atoms with Crippen LogP contribution < -0.4 is 26.2 Å². The van der Waals surface area contributed by atoms with Crippen LogP contribution in [0.15, 0.2) is 121 Å². The summed E-state index contributed by atoms with van der Waals surface area (Å²) in [6.45, 7) is 5.28. The molecule has 3 nitrogen and oxygen atoms in total. The number of para-hydroxylation sites is 4. The molecule has 0 amide bonds. The standard InChI is InChI=1S/C42H34BN3S/c1-41-25-11-12-26-42(41,2)46-34-24-14-23-33-36(34)43(31-21-13-20-30(41)38(31)46)37-35-29-19-9-10-22-32(29)44(27-15-5-3-6-16-27)39(35)47-40(37)45(33)28-17-7-4-8-18-28/h3-10,13-24H,11-12,25-26H2,1-2H3. The highest BCUT2D eigenvalue weighted by molar-refractivity contribution is 7.26. The molecule has 4 aliphatic rings. The number of thiophene rings is 1. The Morgan fingerprint density at radius 1 is 0.660 bits per heavy atom. The maximum Gasteiger partial charge on any atom is 0.254 e. The van der Waals surface area contributed by atoms with Crippen molar-refractivity contribution in [1.29, 1.82) is 0 Å². The molecule has 2 unspecified atom stereocenters. The van der Waals surface area contributed by atoms with Crippen LogP contribution in [0.1, 0.15) is 45.1 Å². The van der Waals surface area contributed by atoms with E-state index in [2.05, 4.69) is 150 Å². The van der Waals surface area contributed by atoms with Gasteiger partial charge in [0, 0.05) is 44.6 Å². The number of rotatable bonds is 2. The Morgan fingerprint density at radius 3 is 2.19 bits per heavy atom. The first kappa shape index (κ1) is 26.3. The molecule has 11 rings (SSSR count). The van der Waals surface area contributed by atoms with Gasteiger partial charge in [-0.05, 0) is 84.2 Å². The summed E-state index contributed by atoms with van der Waals surface area (Å²) in [4.78, 5) is 6.71. The van der Waals surface area contributed by atoms with E-state index in [1.807, 2.05) is 11.3 Å². The molecule has 1 fully saturated rings. The lowest BCUT2D eigenvalue weighted by molar-refractivity contribution is 0.195. The lowest BCUT2D eigenvalue weighted by atomic mass is 9.33. The molecule has 1 saturated carbocycles. The van der Waals surface area contributed by atoms with E-state index >= 15 is 0 Å². The fourth-order valence-electron chi connectivity index (χ4n) is 10.1. The van der Waals surface area contributed by atoms with E-state index in [1.54, 1.807) is 5.56 Å². The van der Waals surface area contributed by atoms with Crippen molar-refractivity contribution in [3.63, 3.8) is 0 Å². The number of anilines is 5. The van der Waals surface area contributed by atoms with Gasteiger partial charge in [0.25, 0.3) is 6.71 Å². The highest BCUT2D eigenvalue weighted by Gasteiger charge is 2.61. The van der Waals surface area contributed by atoms with Crippen molar-refractivity contribution in [2.45, 2.75) is 50.5 Å². The van der Waals surface area contributed by atoms with Gasteiger partial charge < -0.3 is 14.4 Å². The van der Waals surface area contributed by atoms with Crippen molar-refractivity contribution < 1.29 is 0 Å². The molecule has 47 heavy (non-hydrogen) atoms. The Balaban J connectivity index is 1.32. The van der Waals surface area contributed by atoms with Crippen molar-refractivity contribution in [2.75, 3.05) is 9.80 Å². The number of aromatic nitrogens is 1. The second kappa shape index (κ2) is 8.99. The summed E-state index contributed by atoms with van der Waals surface area (Å²) >= 11 is 1.95. The predicted molar refractivity (Wildman–Crippen MR) is 201 cm³/mol. The van der Waals surface area contributed by atoms with Crippen LogP contribution in [0.3, 0.4) is 0 Å². The van der Waals surface area contributed by atoms with E-state index < -0.39 is 0 Å². The Kier molecular flexibility index (Phi) is 5.04. The summed E-state index contributed by atoms with van der Waals surface area (Å²) in [6, 6.07) is 45.4. The van der Waals surface area contributed by atoms with Crippen molar-refractivity contribution in [2.24, 2.45) is 0 Å². The minimum atomic E-state index is 0.0366. The van der Waals surface area contributed by atoms with Crippen LogP contribution in [-0.2, 0) is 5.41 Å². The molecule has 0 bridgehead atoms. The van der Waals surface area contributed by atoms with Crippen molar-refractivity contribution >= 4 is 83.3 Å². The molecule has 226 valence electrons. The van der Waals surface area contributed by atoms with Crippen LogP contribution >= 0.6 is 11.3 Å². The average Bonchev–Trinajstić information content (AvgIpc) is 3.71. The Morgan fingerprint density at radius 2 is 1.36 bits per heavy atom. The molecule has 5 heterocycles. The Hall–Kier alpha value is -4.74. The SMILES string of the molecule is CC12CCCCC1(C)N1c3cccc4c3B(c3cccc2c31)c1c(sc2c1c1ccccc1n2-c1ccccc1)N4c1ccccc1. The van der Waals surface area contributed by atoms with Gasteiger partial charge in [0.2, 0.25) is 0 Å². The van der Waals surface area contributed by atoms with Gasteiger partial charge in [-0.1, -0.05) is 110 Å². The van der Waals surface area contributed by atoms with Crippen molar-refractivity contribution in [1.82, 2.24) is 4.57 Å². The molecule has 3 aliphatic heterocycles. The molecule has 2 atom stereocenters. The van der Waals surface area contributed by atoms with E-state index in [0.717, 1.165) is 0 Å². The lowest BCUT2D eigenvalue weighted by Crippen LogP contribution is -2.64. The third kappa shape index (κ3) is 3.06. The molecule has 5 aromatic carbocycles. The smallest absolute Gasteiger partial charge is 0.254 e.